The van der Waals surface area contributed by atoms with E-state index in [2.05, 4.69) is 11.4 Å². The third kappa shape index (κ3) is 1.21. The van der Waals surface area contributed by atoms with Gasteiger partial charge in [0.2, 0.25) is 0 Å². The summed E-state index contributed by atoms with van der Waals surface area (Å²) in [6, 6.07) is 2.21. The van der Waals surface area contributed by atoms with E-state index < -0.39 is 0 Å². The van der Waals surface area contributed by atoms with Gasteiger partial charge in [-0.3, -0.25) is 0 Å². The molecule has 8 heavy (non-hydrogen) atoms. The van der Waals surface area contributed by atoms with E-state index in [-0.39, 0.29) is 5.92 Å². The first-order valence-electron chi connectivity index (χ1n) is 2.96. The molecule has 0 aromatic heterocycles. The number of rotatable bonds is 0. The van der Waals surface area contributed by atoms with E-state index >= 15 is 0 Å². The maximum Gasteiger partial charge on any atom is 0.0669 e. The van der Waals surface area contributed by atoms with E-state index in [1.807, 2.05) is 0 Å². The highest BCUT2D eigenvalue weighted by molar-refractivity contribution is 4.86. The molecule has 1 aliphatic rings. The lowest BCUT2D eigenvalue weighted by atomic mass is 10.0. The zero-order valence-electron chi connectivity index (χ0n) is 4.80. The largest absolute Gasteiger partial charge is 0.240 e. The van der Waals surface area contributed by atoms with Gasteiger partial charge in [0.05, 0.1) is 12.0 Å². The maximum absolute atomic E-state index is 8.38. The van der Waals surface area contributed by atoms with Crippen molar-refractivity contribution in [2.45, 2.75) is 12.8 Å². The summed E-state index contributed by atoms with van der Waals surface area (Å²) >= 11 is 0. The zero-order chi connectivity index (χ0) is 5.82. The van der Waals surface area contributed by atoms with Gasteiger partial charge in [0.1, 0.15) is 0 Å². The molecule has 1 fully saturated rings. The molecular formula is C6H9N2. The van der Waals surface area contributed by atoms with Crippen LogP contribution < -0.4 is 5.32 Å². The van der Waals surface area contributed by atoms with Crippen LogP contribution in [-0.4, -0.2) is 13.1 Å². The Kier molecular flexibility index (Phi) is 1.87. The lowest BCUT2D eigenvalue weighted by Crippen LogP contribution is -2.22. The number of hydrogen-bond donors (Lipinski definition) is 0. The Morgan fingerprint density at radius 3 is 2.88 bits per heavy atom. The van der Waals surface area contributed by atoms with Crippen LogP contribution in [0.25, 0.3) is 0 Å². The molecule has 1 atom stereocenters. The van der Waals surface area contributed by atoms with Crippen LogP contribution in [0.1, 0.15) is 12.8 Å². The summed E-state index contributed by atoms with van der Waals surface area (Å²) in [6.45, 7) is 1.74. The predicted molar refractivity (Wildman–Crippen MR) is 30.2 cm³/mol. The molecule has 1 unspecified atom stereocenters. The number of nitrogens with zero attached hydrogens (tertiary/aromatic N) is 2. The average molecular weight is 109 g/mol. The van der Waals surface area contributed by atoms with E-state index in [1.54, 1.807) is 0 Å². The monoisotopic (exact) mass is 109 g/mol. The second-order valence-corrected chi connectivity index (χ2v) is 2.10. The molecule has 0 amide bonds. The van der Waals surface area contributed by atoms with Crippen LogP contribution in [0.4, 0.5) is 0 Å². The van der Waals surface area contributed by atoms with Crippen molar-refractivity contribution in [3.8, 4) is 6.07 Å². The third-order valence-corrected chi connectivity index (χ3v) is 1.40. The molecule has 0 aliphatic carbocycles. The summed E-state index contributed by atoms with van der Waals surface area (Å²) in [5, 5.41) is 12.5. The minimum Gasteiger partial charge on any atom is -0.240 e. The van der Waals surface area contributed by atoms with Gasteiger partial charge < -0.3 is 0 Å². The van der Waals surface area contributed by atoms with Crippen LogP contribution in [0, 0.1) is 17.2 Å². The second-order valence-electron chi connectivity index (χ2n) is 2.10. The molecular weight excluding hydrogens is 100 g/mol. The molecule has 43 valence electrons. The summed E-state index contributed by atoms with van der Waals surface area (Å²) in [6.07, 6.45) is 2.16. The van der Waals surface area contributed by atoms with Crippen molar-refractivity contribution in [2.24, 2.45) is 5.92 Å². The van der Waals surface area contributed by atoms with Gasteiger partial charge in [0, 0.05) is 13.1 Å². The highest BCUT2D eigenvalue weighted by atomic mass is 14.9. The van der Waals surface area contributed by atoms with E-state index in [9.17, 15) is 0 Å². The van der Waals surface area contributed by atoms with Gasteiger partial charge in [0.25, 0.3) is 0 Å². The molecule has 0 aromatic rings. The van der Waals surface area contributed by atoms with Gasteiger partial charge in [-0.05, 0) is 12.8 Å². The average Bonchev–Trinajstić information content (AvgIpc) is 1.90. The molecule has 0 spiro atoms. The van der Waals surface area contributed by atoms with Crippen molar-refractivity contribution in [3.63, 3.8) is 0 Å². The molecule has 0 aromatic carbocycles. The summed E-state index contributed by atoms with van der Waals surface area (Å²) in [4.78, 5) is 0. The minimum atomic E-state index is 0.226. The fourth-order valence-corrected chi connectivity index (χ4v) is 0.893. The lowest BCUT2D eigenvalue weighted by Gasteiger charge is -2.13. The molecule has 2 nitrogen and oxygen atoms in total. The molecule has 1 heterocycles. The fourth-order valence-electron chi connectivity index (χ4n) is 0.893. The molecule has 2 heteroatoms. The predicted octanol–water partition coefficient (Wildman–Crippen LogP) is 0.524. The summed E-state index contributed by atoms with van der Waals surface area (Å²) in [5.41, 5.74) is 0. The summed E-state index contributed by atoms with van der Waals surface area (Å²) in [5.74, 6) is 0.226. The summed E-state index contributed by atoms with van der Waals surface area (Å²) < 4.78 is 0. The van der Waals surface area contributed by atoms with E-state index in [4.69, 9.17) is 5.26 Å². The van der Waals surface area contributed by atoms with Crippen molar-refractivity contribution in [3.05, 3.63) is 0 Å². The van der Waals surface area contributed by atoms with E-state index in [1.165, 1.54) is 0 Å². The van der Waals surface area contributed by atoms with Crippen molar-refractivity contribution in [1.82, 2.24) is 5.32 Å². The Morgan fingerprint density at radius 2 is 2.50 bits per heavy atom. The molecule has 0 bridgehead atoms. The van der Waals surface area contributed by atoms with Gasteiger partial charge in [-0.1, -0.05) is 0 Å². The first-order chi connectivity index (χ1) is 3.93. The first kappa shape index (κ1) is 5.58. The Hall–Kier alpha value is -0.550. The number of hydrogen-bond acceptors (Lipinski definition) is 1. The second kappa shape index (κ2) is 2.68. The van der Waals surface area contributed by atoms with Gasteiger partial charge in [0.15, 0.2) is 0 Å². The third-order valence-electron chi connectivity index (χ3n) is 1.40. The normalized spacial score (nSPS) is 29.1. The highest BCUT2D eigenvalue weighted by Gasteiger charge is 2.11. The van der Waals surface area contributed by atoms with Crippen LogP contribution in [0.2, 0.25) is 0 Å². The topological polar surface area (TPSA) is 37.9 Å². The lowest BCUT2D eigenvalue weighted by molar-refractivity contribution is 0.439. The van der Waals surface area contributed by atoms with Gasteiger partial charge in [-0.15, -0.1) is 0 Å². The number of piperidine rings is 1. The SMILES string of the molecule is N#CC1CCC[N]C1. The Bertz CT molecular complexity index is 97.6. The van der Waals surface area contributed by atoms with Crippen molar-refractivity contribution in [1.29, 1.82) is 5.26 Å². The molecule has 1 aliphatic heterocycles. The van der Waals surface area contributed by atoms with Crippen LogP contribution in [-0.2, 0) is 0 Å². The van der Waals surface area contributed by atoms with Crippen LogP contribution in [0.3, 0.4) is 0 Å². The Morgan fingerprint density at radius 1 is 1.62 bits per heavy atom. The maximum atomic E-state index is 8.38. The molecule has 0 saturated carbocycles. The molecule has 1 radical (unpaired) electrons. The zero-order valence-corrected chi connectivity index (χ0v) is 4.80. The molecule has 0 N–H and O–H groups in total. The molecule has 1 saturated heterocycles. The van der Waals surface area contributed by atoms with Crippen LogP contribution in [0.5, 0.6) is 0 Å². The Labute approximate surface area is 49.5 Å². The highest BCUT2D eigenvalue weighted by Crippen LogP contribution is 2.07. The van der Waals surface area contributed by atoms with Crippen molar-refractivity contribution in [2.75, 3.05) is 13.1 Å². The van der Waals surface area contributed by atoms with E-state index in [0.29, 0.717) is 0 Å². The van der Waals surface area contributed by atoms with Crippen LogP contribution in [0.15, 0.2) is 0 Å². The minimum absolute atomic E-state index is 0.226. The van der Waals surface area contributed by atoms with Crippen molar-refractivity contribution < 1.29 is 0 Å². The first-order valence-corrected chi connectivity index (χ1v) is 2.96. The van der Waals surface area contributed by atoms with Crippen LogP contribution >= 0.6 is 0 Å². The smallest absolute Gasteiger partial charge is 0.0669 e. The van der Waals surface area contributed by atoms with Gasteiger partial charge in [-0.2, -0.15) is 5.26 Å². The number of nitriles is 1. The quantitative estimate of drug-likeness (QED) is 0.447. The van der Waals surface area contributed by atoms with Gasteiger partial charge in [-0.25, -0.2) is 5.32 Å². The fraction of sp³-hybridized carbons (Fsp3) is 0.833. The summed E-state index contributed by atoms with van der Waals surface area (Å²) in [7, 11) is 0. The van der Waals surface area contributed by atoms with Crippen molar-refractivity contribution >= 4 is 0 Å². The molecule has 1 rings (SSSR count). The van der Waals surface area contributed by atoms with Gasteiger partial charge >= 0.3 is 0 Å². The standard InChI is InChI=1S/C6H9N2/c7-4-6-2-1-3-8-5-6/h6H,1-3,5H2. The van der Waals surface area contributed by atoms with E-state index in [0.717, 1.165) is 25.9 Å². The Balaban J connectivity index is 2.25.